The first kappa shape index (κ1) is 13.5. The van der Waals surface area contributed by atoms with Crippen molar-refractivity contribution >= 4 is 11.8 Å². The molecule has 0 bridgehead atoms. The predicted octanol–water partition coefficient (Wildman–Crippen LogP) is 2.28. The van der Waals surface area contributed by atoms with Crippen LogP contribution in [0.5, 0.6) is 0 Å². The second-order valence-corrected chi connectivity index (χ2v) is 5.22. The monoisotopic (exact) mass is 281 g/mol. The zero-order valence-electron chi connectivity index (χ0n) is 11.7. The molecule has 4 nitrogen and oxygen atoms in total. The molecule has 0 unspecified atom stereocenters. The third-order valence-electron chi connectivity index (χ3n) is 3.67. The molecule has 0 saturated heterocycles. The molecule has 0 radical (unpaired) electrons. The molecule has 0 saturated carbocycles. The van der Waals surface area contributed by atoms with E-state index in [2.05, 4.69) is 0 Å². The molecular formula is C17H15NO3. The van der Waals surface area contributed by atoms with E-state index in [4.69, 9.17) is 5.11 Å². The van der Waals surface area contributed by atoms with Crippen LogP contribution in [0, 0.1) is 6.92 Å². The minimum absolute atomic E-state index is 0.0213. The van der Waals surface area contributed by atoms with Crippen molar-refractivity contribution in [3.8, 4) is 0 Å². The fourth-order valence-corrected chi connectivity index (χ4v) is 2.48. The molecule has 0 atom stereocenters. The standard InChI is InChI=1S/C17H15NO3/c1-11-2-7-14-15(8-11)17(21)18(16(14)20)9-12-3-5-13(10-19)6-4-12/h2-8,19H,9-10H2,1H3. The lowest BCUT2D eigenvalue weighted by Crippen LogP contribution is -2.29. The predicted molar refractivity (Wildman–Crippen MR) is 77.7 cm³/mol. The molecule has 0 spiro atoms. The van der Waals surface area contributed by atoms with E-state index in [1.54, 1.807) is 24.3 Å². The largest absolute Gasteiger partial charge is 0.392 e. The van der Waals surface area contributed by atoms with Crippen molar-refractivity contribution in [3.05, 3.63) is 70.3 Å². The maximum absolute atomic E-state index is 12.4. The van der Waals surface area contributed by atoms with Crippen LogP contribution in [0.15, 0.2) is 42.5 Å². The van der Waals surface area contributed by atoms with Gasteiger partial charge in [0.2, 0.25) is 0 Å². The Morgan fingerprint density at radius 2 is 1.52 bits per heavy atom. The molecule has 3 rings (SSSR count). The number of hydrogen-bond donors (Lipinski definition) is 1. The van der Waals surface area contributed by atoms with Crippen molar-refractivity contribution in [2.24, 2.45) is 0 Å². The van der Waals surface area contributed by atoms with E-state index < -0.39 is 0 Å². The number of carbonyl (C=O) groups excluding carboxylic acids is 2. The molecule has 2 aromatic carbocycles. The quantitative estimate of drug-likeness (QED) is 0.878. The summed E-state index contributed by atoms with van der Waals surface area (Å²) in [7, 11) is 0. The summed E-state index contributed by atoms with van der Waals surface area (Å²) in [5.74, 6) is -0.494. The maximum Gasteiger partial charge on any atom is 0.261 e. The minimum atomic E-state index is -0.249. The zero-order chi connectivity index (χ0) is 15.0. The van der Waals surface area contributed by atoms with Crippen LogP contribution in [0.25, 0.3) is 0 Å². The lowest BCUT2D eigenvalue weighted by Gasteiger charge is -2.14. The third kappa shape index (κ3) is 2.34. The van der Waals surface area contributed by atoms with E-state index in [1.807, 2.05) is 25.1 Å². The van der Waals surface area contributed by atoms with Crippen LogP contribution in [-0.4, -0.2) is 21.8 Å². The number of aliphatic hydroxyl groups is 1. The van der Waals surface area contributed by atoms with Crippen LogP contribution >= 0.6 is 0 Å². The Hall–Kier alpha value is -2.46. The molecule has 2 aromatic rings. The SMILES string of the molecule is Cc1ccc2c(c1)C(=O)N(Cc1ccc(CO)cc1)C2=O. The topological polar surface area (TPSA) is 57.6 Å². The van der Waals surface area contributed by atoms with Crippen LogP contribution in [0.2, 0.25) is 0 Å². The Morgan fingerprint density at radius 3 is 2.19 bits per heavy atom. The first-order valence-corrected chi connectivity index (χ1v) is 6.75. The van der Waals surface area contributed by atoms with Gasteiger partial charge in [0, 0.05) is 0 Å². The van der Waals surface area contributed by atoms with Crippen molar-refractivity contribution in [1.29, 1.82) is 0 Å². The number of rotatable bonds is 3. The third-order valence-corrected chi connectivity index (χ3v) is 3.67. The number of nitrogens with zero attached hydrogens (tertiary/aromatic N) is 1. The second-order valence-electron chi connectivity index (χ2n) is 5.22. The van der Waals surface area contributed by atoms with Crippen LogP contribution in [0.3, 0.4) is 0 Å². The molecule has 106 valence electrons. The number of aliphatic hydroxyl groups excluding tert-OH is 1. The van der Waals surface area contributed by atoms with Gasteiger partial charge in [0.15, 0.2) is 0 Å². The van der Waals surface area contributed by atoms with Crippen molar-refractivity contribution in [1.82, 2.24) is 4.90 Å². The minimum Gasteiger partial charge on any atom is -0.392 e. The van der Waals surface area contributed by atoms with E-state index in [9.17, 15) is 9.59 Å². The van der Waals surface area contributed by atoms with E-state index in [0.29, 0.717) is 11.1 Å². The van der Waals surface area contributed by atoms with Crippen molar-refractivity contribution in [3.63, 3.8) is 0 Å². The van der Waals surface area contributed by atoms with Crippen LogP contribution in [-0.2, 0) is 13.2 Å². The summed E-state index contributed by atoms with van der Waals surface area (Å²) in [4.78, 5) is 25.9. The average molecular weight is 281 g/mol. The zero-order valence-corrected chi connectivity index (χ0v) is 11.7. The number of benzene rings is 2. The number of amides is 2. The molecule has 21 heavy (non-hydrogen) atoms. The van der Waals surface area contributed by atoms with Crippen LogP contribution in [0.1, 0.15) is 37.4 Å². The highest BCUT2D eigenvalue weighted by Crippen LogP contribution is 2.25. The van der Waals surface area contributed by atoms with Gasteiger partial charge in [-0.05, 0) is 30.2 Å². The highest BCUT2D eigenvalue weighted by Gasteiger charge is 2.35. The van der Waals surface area contributed by atoms with E-state index in [-0.39, 0.29) is 25.0 Å². The first-order chi connectivity index (χ1) is 10.1. The van der Waals surface area contributed by atoms with E-state index in [1.165, 1.54) is 4.90 Å². The molecule has 2 amide bonds. The van der Waals surface area contributed by atoms with Gasteiger partial charge >= 0.3 is 0 Å². The fourth-order valence-electron chi connectivity index (χ4n) is 2.48. The highest BCUT2D eigenvalue weighted by atomic mass is 16.3. The summed E-state index contributed by atoms with van der Waals surface area (Å²) in [6.07, 6.45) is 0. The molecule has 1 aliphatic heterocycles. The van der Waals surface area contributed by atoms with Crippen molar-refractivity contribution in [2.75, 3.05) is 0 Å². The first-order valence-electron chi connectivity index (χ1n) is 6.75. The van der Waals surface area contributed by atoms with E-state index >= 15 is 0 Å². The summed E-state index contributed by atoms with van der Waals surface area (Å²) in [6.45, 7) is 2.12. The molecule has 1 aliphatic rings. The number of imide groups is 1. The molecule has 1 N–H and O–H groups in total. The molecule has 0 aliphatic carbocycles. The van der Waals surface area contributed by atoms with Gasteiger partial charge in [0.25, 0.3) is 11.8 Å². The van der Waals surface area contributed by atoms with Gasteiger partial charge in [-0.1, -0.05) is 35.9 Å². The summed E-state index contributed by atoms with van der Waals surface area (Å²) in [6, 6.07) is 12.5. The lowest BCUT2D eigenvalue weighted by molar-refractivity contribution is 0.0642. The van der Waals surface area contributed by atoms with Crippen LogP contribution < -0.4 is 0 Å². The van der Waals surface area contributed by atoms with Gasteiger partial charge < -0.3 is 5.11 Å². The summed E-state index contributed by atoms with van der Waals surface area (Å²) >= 11 is 0. The molecule has 1 heterocycles. The van der Waals surface area contributed by atoms with Crippen molar-refractivity contribution < 1.29 is 14.7 Å². The molecule has 0 fully saturated rings. The molecule has 0 aromatic heterocycles. The van der Waals surface area contributed by atoms with Crippen molar-refractivity contribution in [2.45, 2.75) is 20.1 Å². The smallest absolute Gasteiger partial charge is 0.261 e. The number of fused-ring (bicyclic) bond motifs is 1. The second kappa shape index (κ2) is 5.14. The number of carbonyl (C=O) groups is 2. The number of aryl methyl sites for hydroxylation is 1. The fraction of sp³-hybridized carbons (Fsp3) is 0.176. The maximum atomic E-state index is 12.4. The van der Waals surface area contributed by atoms with Gasteiger partial charge in [0.1, 0.15) is 0 Å². The van der Waals surface area contributed by atoms with Gasteiger partial charge in [-0.15, -0.1) is 0 Å². The number of hydrogen-bond acceptors (Lipinski definition) is 3. The van der Waals surface area contributed by atoms with Gasteiger partial charge in [-0.2, -0.15) is 0 Å². The summed E-state index contributed by atoms with van der Waals surface area (Å²) < 4.78 is 0. The van der Waals surface area contributed by atoms with Gasteiger partial charge in [-0.3, -0.25) is 14.5 Å². The van der Waals surface area contributed by atoms with Crippen LogP contribution in [0.4, 0.5) is 0 Å². The Kier molecular flexibility index (Phi) is 3.31. The van der Waals surface area contributed by atoms with Gasteiger partial charge in [0.05, 0.1) is 24.3 Å². The Morgan fingerprint density at radius 1 is 0.905 bits per heavy atom. The molecular weight excluding hydrogens is 266 g/mol. The Bertz CT molecular complexity index is 719. The summed E-state index contributed by atoms with van der Waals surface area (Å²) in [5, 5.41) is 9.02. The molecule has 4 heteroatoms. The Labute approximate surface area is 122 Å². The normalized spacial score (nSPS) is 13.7. The van der Waals surface area contributed by atoms with Gasteiger partial charge in [-0.25, -0.2) is 0 Å². The van der Waals surface area contributed by atoms with E-state index in [0.717, 1.165) is 16.7 Å². The summed E-state index contributed by atoms with van der Waals surface area (Å²) in [5.41, 5.74) is 3.57. The average Bonchev–Trinajstić information content (AvgIpc) is 2.73. The Balaban J connectivity index is 1.87. The highest BCUT2D eigenvalue weighted by molar-refractivity contribution is 6.21. The lowest BCUT2D eigenvalue weighted by atomic mass is 10.1.